The second kappa shape index (κ2) is 8.16. The number of hydrogen-bond acceptors (Lipinski definition) is 6. The van der Waals surface area contributed by atoms with Crippen molar-refractivity contribution in [1.29, 1.82) is 0 Å². The standard InChI is InChI=1S/C19H27N5O/c1-4-23-11-13-24(14-12-23)19-20-10-9-18(22-19)21-16-7-5-6-8-17(16)25-15(2)3/h5-10,15H,4,11-14H2,1-3H3,(H,20,21,22). The van der Waals surface area contributed by atoms with Crippen LogP contribution in [0.15, 0.2) is 36.5 Å². The molecule has 0 aliphatic carbocycles. The van der Waals surface area contributed by atoms with Gasteiger partial charge >= 0.3 is 0 Å². The van der Waals surface area contributed by atoms with E-state index in [1.165, 1.54) is 0 Å². The Morgan fingerprint density at radius 2 is 1.88 bits per heavy atom. The first-order valence-corrected chi connectivity index (χ1v) is 8.98. The van der Waals surface area contributed by atoms with Crippen molar-refractivity contribution in [2.45, 2.75) is 26.9 Å². The molecular weight excluding hydrogens is 314 g/mol. The van der Waals surface area contributed by atoms with Crippen LogP contribution in [0.2, 0.25) is 0 Å². The average Bonchev–Trinajstić information content (AvgIpc) is 2.63. The van der Waals surface area contributed by atoms with E-state index in [0.717, 1.165) is 55.9 Å². The zero-order valence-electron chi connectivity index (χ0n) is 15.3. The fraction of sp³-hybridized carbons (Fsp3) is 0.474. The number of rotatable bonds is 6. The van der Waals surface area contributed by atoms with Crippen LogP contribution in [0, 0.1) is 0 Å². The van der Waals surface area contributed by atoms with Crippen LogP contribution in [0.1, 0.15) is 20.8 Å². The van der Waals surface area contributed by atoms with Crippen LogP contribution in [-0.4, -0.2) is 53.7 Å². The van der Waals surface area contributed by atoms with Gasteiger partial charge < -0.3 is 19.9 Å². The molecule has 1 saturated heterocycles. The minimum Gasteiger partial charge on any atom is -0.489 e. The summed E-state index contributed by atoms with van der Waals surface area (Å²) in [6, 6.07) is 9.81. The van der Waals surface area contributed by atoms with Crippen molar-refractivity contribution in [1.82, 2.24) is 14.9 Å². The van der Waals surface area contributed by atoms with Crippen molar-refractivity contribution in [3.63, 3.8) is 0 Å². The van der Waals surface area contributed by atoms with Crippen LogP contribution in [-0.2, 0) is 0 Å². The Morgan fingerprint density at radius 1 is 1.12 bits per heavy atom. The van der Waals surface area contributed by atoms with Gasteiger partial charge in [-0.15, -0.1) is 0 Å². The van der Waals surface area contributed by atoms with E-state index < -0.39 is 0 Å². The van der Waals surface area contributed by atoms with Gasteiger partial charge in [0.2, 0.25) is 5.95 Å². The third kappa shape index (κ3) is 4.60. The third-order valence-corrected chi connectivity index (χ3v) is 4.26. The quantitative estimate of drug-likeness (QED) is 0.871. The first-order valence-electron chi connectivity index (χ1n) is 8.98. The number of anilines is 3. The smallest absolute Gasteiger partial charge is 0.227 e. The molecule has 0 unspecified atom stereocenters. The molecule has 134 valence electrons. The lowest BCUT2D eigenvalue weighted by atomic mass is 10.3. The first-order chi connectivity index (χ1) is 12.2. The number of hydrogen-bond donors (Lipinski definition) is 1. The lowest BCUT2D eigenvalue weighted by Crippen LogP contribution is -2.46. The molecule has 6 heteroatoms. The zero-order chi connectivity index (χ0) is 17.6. The highest BCUT2D eigenvalue weighted by molar-refractivity contribution is 5.64. The van der Waals surface area contributed by atoms with E-state index >= 15 is 0 Å². The molecular formula is C19H27N5O. The van der Waals surface area contributed by atoms with Gasteiger partial charge in [0, 0.05) is 32.4 Å². The fourth-order valence-electron chi connectivity index (χ4n) is 2.90. The minimum absolute atomic E-state index is 0.124. The topological polar surface area (TPSA) is 53.5 Å². The predicted molar refractivity (Wildman–Crippen MR) is 102 cm³/mol. The van der Waals surface area contributed by atoms with E-state index in [0.29, 0.717) is 0 Å². The number of benzene rings is 1. The molecule has 2 aromatic rings. The minimum atomic E-state index is 0.124. The SMILES string of the molecule is CCN1CCN(c2nccc(Nc3ccccc3OC(C)C)n2)CC1. The molecule has 1 aromatic heterocycles. The highest BCUT2D eigenvalue weighted by Crippen LogP contribution is 2.28. The molecule has 6 nitrogen and oxygen atoms in total. The highest BCUT2D eigenvalue weighted by atomic mass is 16.5. The Morgan fingerprint density at radius 3 is 2.60 bits per heavy atom. The van der Waals surface area contributed by atoms with Gasteiger partial charge in [0.25, 0.3) is 0 Å². The number of piperazine rings is 1. The van der Waals surface area contributed by atoms with Gasteiger partial charge in [-0.3, -0.25) is 0 Å². The van der Waals surface area contributed by atoms with Crippen LogP contribution in [0.4, 0.5) is 17.5 Å². The Bertz CT molecular complexity index is 683. The number of nitrogens with zero attached hydrogens (tertiary/aromatic N) is 4. The van der Waals surface area contributed by atoms with Crippen LogP contribution >= 0.6 is 0 Å². The molecule has 2 heterocycles. The molecule has 0 bridgehead atoms. The summed E-state index contributed by atoms with van der Waals surface area (Å²) in [4.78, 5) is 13.8. The molecule has 1 fully saturated rings. The molecule has 3 rings (SSSR count). The van der Waals surface area contributed by atoms with Crippen molar-refractivity contribution >= 4 is 17.5 Å². The van der Waals surface area contributed by atoms with E-state index in [4.69, 9.17) is 9.72 Å². The first kappa shape index (κ1) is 17.5. The predicted octanol–water partition coefficient (Wildman–Crippen LogP) is 3.15. The average molecular weight is 341 g/mol. The van der Waals surface area contributed by atoms with Crippen molar-refractivity contribution < 1.29 is 4.74 Å². The van der Waals surface area contributed by atoms with E-state index in [9.17, 15) is 0 Å². The summed E-state index contributed by atoms with van der Waals surface area (Å²) in [5, 5.41) is 3.36. The highest BCUT2D eigenvalue weighted by Gasteiger charge is 2.18. The van der Waals surface area contributed by atoms with Gasteiger partial charge in [-0.05, 0) is 38.6 Å². The summed E-state index contributed by atoms with van der Waals surface area (Å²) in [6.45, 7) is 11.4. The van der Waals surface area contributed by atoms with Crippen molar-refractivity contribution in [3.05, 3.63) is 36.5 Å². The Kier molecular flexibility index (Phi) is 5.71. The van der Waals surface area contributed by atoms with Crippen LogP contribution < -0.4 is 15.0 Å². The molecule has 1 aliphatic heterocycles. The molecule has 1 N–H and O–H groups in total. The van der Waals surface area contributed by atoms with Gasteiger partial charge in [-0.1, -0.05) is 19.1 Å². The van der Waals surface area contributed by atoms with E-state index in [1.807, 2.05) is 50.4 Å². The maximum atomic E-state index is 5.87. The molecule has 25 heavy (non-hydrogen) atoms. The monoisotopic (exact) mass is 341 g/mol. The van der Waals surface area contributed by atoms with E-state index in [1.54, 1.807) is 0 Å². The number of ether oxygens (including phenoxy) is 1. The van der Waals surface area contributed by atoms with Gasteiger partial charge in [0.05, 0.1) is 11.8 Å². The summed E-state index contributed by atoms with van der Waals surface area (Å²) >= 11 is 0. The molecule has 0 radical (unpaired) electrons. The Hall–Kier alpha value is -2.34. The zero-order valence-corrected chi connectivity index (χ0v) is 15.3. The molecule has 0 atom stereocenters. The van der Waals surface area contributed by atoms with Crippen LogP contribution in [0.25, 0.3) is 0 Å². The summed E-state index contributed by atoms with van der Waals surface area (Å²) in [5.41, 5.74) is 0.914. The van der Waals surface area contributed by atoms with Gasteiger partial charge in [-0.2, -0.15) is 4.98 Å². The fourth-order valence-corrected chi connectivity index (χ4v) is 2.90. The number of nitrogens with one attached hydrogen (secondary N) is 1. The third-order valence-electron chi connectivity index (χ3n) is 4.26. The maximum Gasteiger partial charge on any atom is 0.227 e. The van der Waals surface area contributed by atoms with E-state index in [-0.39, 0.29) is 6.10 Å². The summed E-state index contributed by atoms with van der Waals surface area (Å²) in [5.74, 6) is 2.39. The molecule has 1 aromatic carbocycles. The molecule has 0 saturated carbocycles. The second-order valence-electron chi connectivity index (χ2n) is 6.45. The van der Waals surface area contributed by atoms with Gasteiger partial charge in [0.15, 0.2) is 0 Å². The van der Waals surface area contributed by atoms with Crippen molar-refractivity contribution in [2.75, 3.05) is 42.9 Å². The normalized spacial score (nSPS) is 15.4. The van der Waals surface area contributed by atoms with Crippen molar-refractivity contribution in [2.24, 2.45) is 0 Å². The molecule has 1 aliphatic rings. The summed E-state index contributed by atoms with van der Waals surface area (Å²) < 4.78 is 5.87. The van der Waals surface area contributed by atoms with E-state index in [2.05, 4.69) is 27.0 Å². The second-order valence-corrected chi connectivity index (χ2v) is 6.45. The van der Waals surface area contributed by atoms with Crippen LogP contribution in [0.5, 0.6) is 5.75 Å². The van der Waals surface area contributed by atoms with Gasteiger partial charge in [0.1, 0.15) is 11.6 Å². The maximum absolute atomic E-state index is 5.87. The lowest BCUT2D eigenvalue weighted by Gasteiger charge is -2.34. The largest absolute Gasteiger partial charge is 0.489 e. The van der Waals surface area contributed by atoms with Crippen molar-refractivity contribution in [3.8, 4) is 5.75 Å². The van der Waals surface area contributed by atoms with Gasteiger partial charge in [-0.25, -0.2) is 4.98 Å². The molecule has 0 amide bonds. The summed E-state index contributed by atoms with van der Waals surface area (Å²) in [6.07, 6.45) is 1.93. The molecule has 0 spiro atoms. The number of likely N-dealkylation sites (N-methyl/N-ethyl adjacent to an activating group) is 1. The number of aromatic nitrogens is 2. The number of para-hydroxylation sites is 2. The Labute approximate surface area is 149 Å². The van der Waals surface area contributed by atoms with Crippen LogP contribution in [0.3, 0.4) is 0 Å². The summed E-state index contributed by atoms with van der Waals surface area (Å²) in [7, 11) is 0. The Balaban J connectivity index is 1.72. The lowest BCUT2D eigenvalue weighted by molar-refractivity contribution is 0.244.